The van der Waals surface area contributed by atoms with Crippen LogP contribution in [0.5, 0.6) is 0 Å². The van der Waals surface area contributed by atoms with E-state index < -0.39 is 0 Å². The van der Waals surface area contributed by atoms with Crippen LogP contribution in [0.3, 0.4) is 0 Å². The lowest BCUT2D eigenvalue weighted by atomic mass is 10.2. The van der Waals surface area contributed by atoms with E-state index in [9.17, 15) is 0 Å². The summed E-state index contributed by atoms with van der Waals surface area (Å²) in [4.78, 5) is 6.88. The molecule has 5 nitrogen and oxygen atoms in total. The molecule has 5 heteroatoms. The van der Waals surface area contributed by atoms with Gasteiger partial charge in [0.25, 0.3) is 0 Å². The molecule has 1 saturated heterocycles. The van der Waals surface area contributed by atoms with Gasteiger partial charge in [-0.25, -0.2) is 0 Å². The average molecular weight is 258 g/mol. The molecule has 1 aromatic carbocycles. The molecule has 2 heterocycles. The standard InChI is InChI=1S/C14H18N4O/c1-11(18-9-7-15-8-10-18)14-16-13(17-19-14)12-5-3-2-4-6-12/h2-6,11,15H,7-10H2,1H3. The van der Waals surface area contributed by atoms with Crippen LogP contribution in [-0.4, -0.2) is 41.2 Å². The first-order valence-electron chi connectivity index (χ1n) is 6.68. The number of piperazine rings is 1. The van der Waals surface area contributed by atoms with Gasteiger partial charge in [0.15, 0.2) is 0 Å². The topological polar surface area (TPSA) is 54.2 Å². The fourth-order valence-corrected chi connectivity index (χ4v) is 2.33. The molecule has 100 valence electrons. The van der Waals surface area contributed by atoms with Gasteiger partial charge in [0, 0.05) is 31.7 Å². The predicted octanol–water partition coefficient (Wildman–Crippen LogP) is 1.70. The third kappa shape index (κ3) is 2.67. The Bertz CT molecular complexity index is 519. The Morgan fingerprint density at radius 3 is 2.68 bits per heavy atom. The van der Waals surface area contributed by atoms with Gasteiger partial charge in [-0.3, -0.25) is 4.90 Å². The maximum atomic E-state index is 5.41. The van der Waals surface area contributed by atoms with Crippen molar-refractivity contribution in [2.75, 3.05) is 26.2 Å². The maximum absolute atomic E-state index is 5.41. The van der Waals surface area contributed by atoms with Gasteiger partial charge in [-0.05, 0) is 6.92 Å². The average Bonchev–Trinajstić information content (AvgIpc) is 2.98. The van der Waals surface area contributed by atoms with E-state index in [1.54, 1.807) is 0 Å². The molecule has 1 aromatic heterocycles. The number of benzene rings is 1. The molecule has 2 aromatic rings. The molecule has 0 amide bonds. The summed E-state index contributed by atoms with van der Waals surface area (Å²) < 4.78 is 5.41. The highest BCUT2D eigenvalue weighted by molar-refractivity contribution is 5.53. The molecular weight excluding hydrogens is 240 g/mol. The van der Waals surface area contributed by atoms with Crippen molar-refractivity contribution in [1.29, 1.82) is 0 Å². The molecule has 0 bridgehead atoms. The summed E-state index contributed by atoms with van der Waals surface area (Å²) in [5.41, 5.74) is 0.991. The van der Waals surface area contributed by atoms with E-state index in [1.807, 2.05) is 30.3 Å². The summed E-state index contributed by atoms with van der Waals surface area (Å²) in [7, 11) is 0. The maximum Gasteiger partial charge on any atom is 0.244 e. The third-order valence-electron chi connectivity index (χ3n) is 3.53. The number of aromatic nitrogens is 2. The summed E-state index contributed by atoms with van der Waals surface area (Å²) in [5.74, 6) is 1.36. The fraction of sp³-hybridized carbons (Fsp3) is 0.429. The molecule has 0 radical (unpaired) electrons. The molecule has 3 rings (SSSR count). The largest absolute Gasteiger partial charge is 0.337 e. The van der Waals surface area contributed by atoms with E-state index >= 15 is 0 Å². The van der Waals surface area contributed by atoms with Crippen LogP contribution >= 0.6 is 0 Å². The number of nitrogens with zero attached hydrogens (tertiary/aromatic N) is 3. The molecule has 0 spiro atoms. The minimum atomic E-state index is 0.173. The van der Waals surface area contributed by atoms with E-state index in [0.717, 1.165) is 31.7 Å². The molecule has 19 heavy (non-hydrogen) atoms. The van der Waals surface area contributed by atoms with Crippen LogP contribution in [0.1, 0.15) is 18.9 Å². The summed E-state index contributed by atoms with van der Waals surface area (Å²) in [6.45, 7) is 6.19. The first-order chi connectivity index (χ1) is 9.34. The van der Waals surface area contributed by atoms with Crippen molar-refractivity contribution in [2.24, 2.45) is 0 Å². The van der Waals surface area contributed by atoms with Gasteiger partial charge in [-0.15, -0.1) is 0 Å². The molecule has 1 fully saturated rings. The highest BCUT2D eigenvalue weighted by atomic mass is 16.5. The van der Waals surface area contributed by atoms with Crippen LogP contribution in [0.2, 0.25) is 0 Å². The lowest BCUT2D eigenvalue weighted by Gasteiger charge is -2.30. The van der Waals surface area contributed by atoms with Crippen molar-refractivity contribution in [2.45, 2.75) is 13.0 Å². The predicted molar refractivity (Wildman–Crippen MR) is 72.6 cm³/mol. The zero-order valence-corrected chi connectivity index (χ0v) is 11.0. The summed E-state index contributed by atoms with van der Waals surface area (Å²) in [5, 5.41) is 7.42. The second-order valence-corrected chi connectivity index (χ2v) is 4.78. The van der Waals surface area contributed by atoms with E-state index in [-0.39, 0.29) is 6.04 Å². The van der Waals surface area contributed by atoms with Crippen LogP contribution in [-0.2, 0) is 0 Å². The number of hydrogen-bond acceptors (Lipinski definition) is 5. The summed E-state index contributed by atoms with van der Waals surface area (Å²) in [6.07, 6.45) is 0. The SMILES string of the molecule is CC(c1nc(-c2ccccc2)no1)N1CCNCC1. The Hall–Kier alpha value is -1.72. The summed E-state index contributed by atoms with van der Waals surface area (Å²) in [6, 6.07) is 10.1. The summed E-state index contributed by atoms with van der Waals surface area (Å²) >= 11 is 0. The molecule has 1 atom stereocenters. The third-order valence-corrected chi connectivity index (χ3v) is 3.53. The Kier molecular flexibility index (Phi) is 3.57. The molecule has 1 unspecified atom stereocenters. The van der Waals surface area contributed by atoms with Gasteiger partial charge in [-0.1, -0.05) is 35.5 Å². The fourth-order valence-electron chi connectivity index (χ4n) is 2.33. The minimum Gasteiger partial charge on any atom is -0.337 e. The number of nitrogens with one attached hydrogen (secondary N) is 1. The first kappa shape index (κ1) is 12.3. The highest BCUT2D eigenvalue weighted by Crippen LogP contribution is 2.22. The molecule has 0 saturated carbocycles. The van der Waals surface area contributed by atoms with E-state index in [4.69, 9.17) is 4.52 Å². The Morgan fingerprint density at radius 1 is 1.21 bits per heavy atom. The van der Waals surface area contributed by atoms with Crippen LogP contribution < -0.4 is 5.32 Å². The number of rotatable bonds is 3. The van der Waals surface area contributed by atoms with Crippen molar-refractivity contribution in [3.8, 4) is 11.4 Å². The normalized spacial score (nSPS) is 18.4. The minimum absolute atomic E-state index is 0.173. The van der Waals surface area contributed by atoms with Crippen LogP contribution in [0.4, 0.5) is 0 Å². The van der Waals surface area contributed by atoms with E-state index in [1.165, 1.54) is 0 Å². The Labute approximate surface area is 112 Å². The van der Waals surface area contributed by atoms with Crippen molar-refractivity contribution in [3.05, 3.63) is 36.2 Å². The van der Waals surface area contributed by atoms with Gasteiger partial charge < -0.3 is 9.84 Å². The molecule has 1 N–H and O–H groups in total. The molecular formula is C14H18N4O. The zero-order valence-electron chi connectivity index (χ0n) is 11.0. The van der Waals surface area contributed by atoms with Crippen molar-refractivity contribution >= 4 is 0 Å². The second kappa shape index (κ2) is 5.50. The first-order valence-corrected chi connectivity index (χ1v) is 6.68. The van der Waals surface area contributed by atoms with Gasteiger partial charge >= 0.3 is 0 Å². The smallest absolute Gasteiger partial charge is 0.244 e. The van der Waals surface area contributed by atoms with Gasteiger partial charge in [0.2, 0.25) is 11.7 Å². The van der Waals surface area contributed by atoms with Crippen molar-refractivity contribution < 1.29 is 4.52 Å². The highest BCUT2D eigenvalue weighted by Gasteiger charge is 2.23. The second-order valence-electron chi connectivity index (χ2n) is 4.78. The van der Waals surface area contributed by atoms with Crippen molar-refractivity contribution in [1.82, 2.24) is 20.4 Å². The Balaban J connectivity index is 1.77. The Morgan fingerprint density at radius 2 is 1.95 bits per heavy atom. The number of hydrogen-bond donors (Lipinski definition) is 1. The monoisotopic (exact) mass is 258 g/mol. The lowest BCUT2D eigenvalue weighted by molar-refractivity contribution is 0.154. The quantitative estimate of drug-likeness (QED) is 0.908. The van der Waals surface area contributed by atoms with Gasteiger partial charge in [-0.2, -0.15) is 4.98 Å². The lowest BCUT2D eigenvalue weighted by Crippen LogP contribution is -2.44. The molecule has 0 aliphatic carbocycles. The van der Waals surface area contributed by atoms with Crippen LogP contribution in [0, 0.1) is 0 Å². The molecule has 1 aliphatic rings. The van der Waals surface area contributed by atoms with Gasteiger partial charge in [0.05, 0.1) is 6.04 Å². The van der Waals surface area contributed by atoms with Crippen LogP contribution in [0.15, 0.2) is 34.9 Å². The van der Waals surface area contributed by atoms with E-state index in [2.05, 4.69) is 27.3 Å². The van der Waals surface area contributed by atoms with E-state index in [0.29, 0.717) is 11.7 Å². The van der Waals surface area contributed by atoms with Crippen molar-refractivity contribution in [3.63, 3.8) is 0 Å². The molecule has 1 aliphatic heterocycles. The zero-order chi connectivity index (χ0) is 13.1. The van der Waals surface area contributed by atoms with Gasteiger partial charge in [0.1, 0.15) is 0 Å². The van der Waals surface area contributed by atoms with Crippen LogP contribution in [0.25, 0.3) is 11.4 Å².